The van der Waals surface area contributed by atoms with Crippen LogP contribution in [0.5, 0.6) is 5.75 Å². The molecule has 0 aliphatic rings. The number of amides is 1. The van der Waals surface area contributed by atoms with Crippen LogP contribution in [0.25, 0.3) is 0 Å². The monoisotopic (exact) mass is 414 g/mol. The number of methoxy groups -OCH3 is 2. The van der Waals surface area contributed by atoms with Crippen molar-refractivity contribution in [2.45, 2.75) is 0 Å². The largest absolute Gasteiger partial charge is 0.507 e. The number of aromatic hydroxyl groups is 1. The number of nitrogens with one attached hydrogen (secondary N) is 2. The number of anilines is 2. The number of hydrogen-bond donors (Lipinski definition) is 4. The van der Waals surface area contributed by atoms with Gasteiger partial charge in [0, 0.05) is 16.9 Å². The molecule has 1 amide bonds. The fourth-order valence-electron chi connectivity index (χ4n) is 2.31. The molecule has 2 aromatic rings. The number of carboxylic acids is 1. The molecular weight excluding hydrogens is 396 g/mol. The number of aromatic carboxylic acids is 1. The lowest BCUT2D eigenvalue weighted by atomic mass is 10.1. The van der Waals surface area contributed by atoms with Crippen LogP contribution in [0.3, 0.4) is 0 Å². The van der Waals surface area contributed by atoms with Gasteiger partial charge in [0.2, 0.25) is 0 Å². The first kappa shape index (κ1) is 22.0. The molecule has 0 saturated carbocycles. The summed E-state index contributed by atoms with van der Waals surface area (Å²) in [5.41, 5.74) is 0.0761. The molecule has 0 saturated heterocycles. The van der Waals surface area contributed by atoms with Crippen LogP contribution in [-0.4, -0.2) is 48.2 Å². The summed E-state index contributed by atoms with van der Waals surface area (Å²) < 4.78 is 9.09. The first-order valence-electron chi connectivity index (χ1n) is 8.38. The molecule has 0 spiro atoms. The van der Waals surface area contributed by atoms with Gasteiger partial charge in [-0.25, -0.2) is 14.4 Å². The van der Waals surface area contributed by atoms with Gasteiger partial charge >= 0.3 is 17.9 Å². The zero-order valence-corrected chi connectivity index (χ0v) is 16.0. The molecule has 0 aliphatic heterocycles. The average molecular weight is 414 g/mol. The van der Waals surface area contributed by atoms with Gasteiger partial charge < -0.3 is 30.3 Å². The van der Waals surface area contributed by atoms with Crippen LogP contribution < -0.4 is 10.6 Å². The van der Waals surface area contributed by atoms with Crippen LogP contribution in [0.15, 0.2) is 54.2 Å². The quantitative estimate of drug-likeness (QED) is 0.303. The summed E-state index contributed by atoms with van der Waals surface area (Å²) in [5, 5.41) is 23.8. The van der Waals surface area contributed by atoms with E-state index in [1.165, 1.54) is 24.3 Å². The Morgan fingerprint density at radius 3 is 2.27 bits per heavy atom. The van der Waals surface area contributed by atoms with Gasteiger partial charge in [0.15, 0.2) is 0 Å². The Hall–Kier alpha value is -4.34. The Bertz CT molecular complexity index is 1030. The molecule has 0 radical (unpaired) electrons. The molecule has 30 heavy (non-hydrogen) atoms. The van der Waals surface area contributed by atoms with Crippen molar-refractivity contribution >= 4 is 35.2 Å². The van der Waals surface area contributed by atoms with Gasteiger partial charge in [-0.1, -0.05) is 6.07 Å². The van der Waals surface area contributed by atoms with Crippen LogP contribution in [0.1, 0.15) is 20.7 Å². The van der Waals surface area contributed by atoms with E-state index in [1.807, 2.05) is 0 Å². The van der Waals surface area contributed by atoms with Crippen molar-refractivity contribution in [3.63, 3.8) is 0 Å². The predicted octanol–water partition coefficient (Wildman–Crippen LogP) is 1.98. The number of rotatable bonds is 7. The second kappa shape index (κ2) is 9.73. The van der Waals surface area contributed by atoms with Crippen LogP contribution in [-0.2, 0) is 19.1 Å². The van der Waals surface area contributed by atoms with Gasteiger partial charge in [-0.15, -0.1) is 0 Å². The molecule has 156 valence electrons. The number of carbonyl (C=O) groups is 4. The van der Waals surface area contributed by atoms with Crippen LogP contribution in [0, 0.1) is 0 Å². The minimum Gasteiger partial charge on any atom is -0.507 e. The second-order valence-electron chi connectivity index (χ2n) is 5.77. The molecule has 0 unspecified atom stereocenters. The second-order valence-corrected chi connectivity index (χ2v) is 5.77. The Balaban J connectivity index is 2.24. The molecule has 2 rings (SSSR count). The first-order valence-corrected chi connectivity index (χ1v) is 8.38. The number of hydrogen-bond acceptors (Lipinski definition) is 8. The van der Waals surface area contributed by atoms with Crippen LogP contribution in [0.2, 0.25) is 0 Å². The maximum absolute atomic E-state index is 12.5. The lowest BCUT2D eigenvalue weighted by molar-refractivity contribution is -0.138. The topological polar surface area (TPSA) is 151 Å². The van der Waals surface area contributed by atoms with Gasteiger partial charge in [-0.05, 0) is 36.4 Å². The molecular formula is C20H18N2O8. The Morgan fingerprint density at radius 2 is 1.63 bits per heavy atom. The number of benzene rings is 2. The maximum atomic E-state index is 12.5. The van der Waals surface area contributed by atoms with Crippen molar-refractivity contribution in [2.75, 3.05) is 24.9 Å². The molecule has 0 heterocycles. The van der Waals surface area contributed by atoms with E-state index in [4.69, 9.17) is 5.11 Å². The zero-order chi connectivity index (χ0) is 22.3. The van der Waals surface area contributed by atoms with Gasteiger partial charge in [0.25, 0.3) is 5.91 Å². The summed E-state index contributed by atoms with van der Waals surface area (Å²) in [6, 6.07) is 9.58. The summed E-state index contributed by atoms with van der Waals surface area (Å²) in [4.78, 5) is 46.9. The molecule has 0 aromatic heterocycles. The minimum absolute atomic E-state index is 0.161. The third kappa shape index (κ3) is 5.58. The highest BCUT2D eigenvalue weighted by molar-refractivity contribution is 6.06. The molecule has 4 N–H and O–H groups in total. The fraction of sp³-hybridized carbons (Fsp3) is 0.100. The normalized spacial score (nSPS) is 10.7. The standard InChI is InChI=1S/C20H18N2O8/c1-29-17(24)10-15(20(28)30-2)21-12-5-3-4-11(8-12)18(25)22-13-6-7-16(23)14(9-13)19(26)27/h3-10,21,23H,1-2H3,(H,22,25)(H,26,27)/b15-10+. The third-order valence-corrected chi connectivity index (χ3v) is 3.76. The van der Waals surface area contributed by atoms with Crippen molar-refractivity contribution in [2.24, 2.45) is 0 Å². The summed E-state index contributed by atoms with van der Waals surface area (Å²) >= 11 is 0. The smallest absolute Gasteiger partial charge is 0.354 e. The summed E-state index contributed by atoms with van der Waals surface area (Å²) in [5.74, 6) is -3.95. The number of ether oxygens (including phenoxy) is 2. The zero-order valence-electron chi connectivity index (χ0n) is 16.0. The maximum Gasteiger partial charge on any atom is 0.354 e. The molecule has 0 atom stereocenters. The van der Waals surface area contributed by atoms with E-state index in [9.17, 15) is 24.3 Å². The van der Waals surface area contributed by atoms with Gasteiger partial charge in [-0.2, -0.15) is 0 Å². The Kier molecular flexibility index (Phi) is 7.12. The number of carbonyl (C=O) groups excluding carboxylic acids is 3. The lowest BCUT2D eigenvalue weighted by Gasteiger charge is -2.11. The minimum atomic E-state index is -1.34. The van der Waals surface area contributed by atoms with Crippen molar-refractivity contribution in [1.82, 2.24) is 0 Å². The Labute approximate surface area is 170 Å². The molecule has 10 nitrogen and oxygen atoms in total. The van der Waals surface area contributed by atoms with E-state index in [1.54, 1.807) is 6.07 Å². The van der Waals surface area contributed by atoms with Crippen molar-refractivity contribution < 1.29 is 38.9 Å². The summed E-state index contributed by atoms with van der Waals surface area (Å²) in [6.45, 7) is 0. The first-order chi connectivity index (χ1) is 14.2. The average Bonchev–Trinajstić information content (AvgIpc) is 2.73. The van der Waals surface area contributed by atoms with E-state index in [0.29, 0.717) is 5.69 Å². The Morgan fingerprint density at radius 1 is 0.933 bits per heavy atom. The van der Waals surface area contributed by atoms with Gasteiger partial charge in [0.1, 0.15) is 17.0 Å². The molecule has 10 heteroatoms. The van der Waals surface area contributed by atoms with Crippen molar-refractivity contribution in [3.05, 3.63) is 65.4 Å². The lowest BCUT2D eigenvalue weighted by Crippen LogP contribution is -2.16. The summed E-state index contributed by atoms with van der Waals surface area (Å²) in [6.07, 6.45) is 0.905. The molecule has 0 bridgehead atoms. The summed E-state index contributed by atoms with van der Waals surface area (Å²) in [7, 11) is 2.29. The highest BCUT2D eigenvalue weighted by Crippen LogP contribution is 2.22. The van der Waals surface area contributed by atoms with Crippen LogP contribution in [0.4, 0.5) is 11.4 Å². The number of carboxylic acid groups (broad SMARTS) is 1. The molecule has 0 fully saturated rings. The highest BCUT2D eigenvalue weighted by atomic mass is 16.5. The van der Waals surface area contributed by atoms with Gasteiger partial charge in [-0.3, -0.25) is 4.79 Å². The van der Waals surface area contributed by atoms with E-state index < -0.39 is 29.6 Å². The van der Waals surface area contributed by atoms with Gasteiger partial charge in [0.05, 0.1) is 20.3 Å². The van der Waals surface area contributed by atoms with E-state index in [2.05, 4.69) is 20.1 Å². The van der Waals surface area contributed by atoms with E-state index in [0.717, 1.165) is 32.4 Å². The number of phenols is 1. The third-order valence-electron chi connectivity index (χ3n) is 3.76. The molecule has 2 aromatic carbocycles. The highest BCUT2D eigenvalue weighted by Gasteiger charge is 2.15. The van der Waals surface area contributed by atoms with E-state index in [-0.39, 0.29) is 22.5 Å². The predicted molar refractivity (Wildman–Crippen MR) is 105 cm³/mol. The van der Waals surface area contributed by atoms with Crippen molar-refractivity contribution in [3.8, 4) is 5.75 Å². The SMILES string of the molecule is COC(=O)/C=C(/Nc1cccc(C(=O)Nc2ccc(O)c(C(=O)O)c2)c1)C(=O)OC. The molecule has 0 aliphatic carbocycles. The van der Waals surface area contributed by atoms with E-state index >= 15 is 0 Å². The number of esters is 2. The van der Waals surface area contributed by atoms with Crippen molar-refractivity contribution in [1.29, 1.82) is 0 Å². The fourth-order valence-corrected chi connectivity index (χ4v) is 2.31. The van der Waals surface area contributed by atoms with Crippen LogP contribution >= 0.6 is 0 Å².